The fourth-order valence-corrected chi connectivity index (χ4v) is 7.97. The van der Waals surface area contributed by atoms with E-state index in [0.29, 0.717) is 64.5 Å². The van der Waals surface area contributed by atoms with Gasteiger partial charge < -0.3 is 35.1 Å². The zero-order valence-corrected chi connectivity index (χ0v) is 30.1. The van der Waals surface area contributed by atoms with Crippen molar-refractivity contribution < 1.29 is 33.8 Å². The second-order valence-corrected chi connectivity index (χ2v) is 14.7. The molecule has 0 spiro atoms. The van der Waals surface area contributed by atoms with Crippen LogP contribution >= 0.6 is 22.7 Å². The number of rotatable bonds is 12. The Morgan fingerprint density at radius 3 is 1.64 bits per heavy atom. The topological polar surface area (TPSA) is 191 Å². The molecule has 4 amide bonds. The monoisotopic (exact) mass is 755 g/mol. The number of aliphatic hydroxyl groups is 2. The summed E-state index contributed by atoms with van der Waals surface area (Å²) in [6, 6.07) is 13.6. The van der Waals surface area contributed by atoms with E-state index in [1.54, 1.807) is 75.5 Å². The molecule has 0 aliphatic carbocycles. The summed E-state index contributed by atoms with van der Waals surface area (Å²) in [7, 11) is 0. The Bertz CT molecular complexity index is 1890. The van der Waals surface area contributed by atoms with Gasteiger partial charge in [0.05, 0.1) is 6.20 Å². The van der Waals surface area contributed by atoms with E-state index in [9.17, 15) is 29.4 Å². The van der Waals surface area contributed by atoms with Gasteiger partial charge in [-0.15, -0.1) is 22.7 Å². The largest absolute Gasteiger partial charge is 0.436 e. The molecule has 5 heterocycles. The maximum atomic E-state index is 12.9. The van der Waals surface area contributed by atoms with Gasteiger partial charge in [-0.1, -0.05) is 0 Å². The maximum Gasteiger partial charge on any atom is 0.258 e. The summed E-state index contributed by atoms with van der Waals surface area (Å²) in [5, 5.41) is 30.8. The van der Waals surface area contributed by atoms with Gasteiger partial charge in [0, 0.05) is 83.7 Å². The number of benzene rings is 2. The van der Waals surface area contributed by atoms with Gasteiger partial charge in [-0.05, 0) is 74.2 Å². The van der Waals surface area contributed by atoms with Crippen LogP contribution in [0.2, 0.25) is 0 Å². The lowest BCUT2D eigenvalue weighted by atomic mass is 10.1. The summed E-state index contributed by atoms with van der Waals surface area (Å²) in [4.78, 5) is 67.3. The third-order valence-electron chi connectivity index (χ3n) is 9.38. The number of aliphatic hydroxyl groups excluding tert-OH is 2. The van der Waals surface area contributed by atoms with E-state index in [0.717, 1.165) is 18.4 Å². The van der Waals surface area contributed by atoms with Crippen molar-refractivity contribution in [1.29, 1.82) is 0 Å². The molecule has 0 bridgehead atoms. The molecule has 14 nitrogen and oxygen atoms in total. The number of nitrogens with one attached hydrogen (secondary N) is 2. The van der Waals surface area contributed by atoms with Crippen molar-refractivity contribution in [2.75, 3.05) is 23.7 Å². The molecule has 3 aromatic heterocycles. The Morgan fingerprint density at radius 1 is 0.717 bits per heavy atom. The third kappa shape index (κ3) is 8.36. The molecule has 4 N–H and O–H groups in total. The Morgan fingerprint density at radius 2 is 1.19 bits per heavy atom. The van der Waals surface area contributed by atoms with Gasteiger partial charge in [-0.25, -0.2) is 15.0 Å². The average Bonchev–Trinajstić information content (AvgIpc) is 4.01. The number of aromatic nitrogens is 3. The molecule has 0 saturated carbocycles. The van der Waals surface area contributed by atoms with Gasteiger partial charge in [0.15, 0.2) is 18.0 Å². The van der Waals surface area contributed by atoms with Gasteiger partial charge in [-0.2, -0.15) is 0 Å². The van der Waals surface area contributed by atoms with Gasteiger partial charge in [0.1, 0.15) is 10.0 Å². The van der Waals surface area contributed by atoms with E-state index in [-0.39, 0.29) is 36.7 Å². The van der Waals surface area contributed by atoms with E-state index in [1.165, 1.54) is 22.7 Å². The van der Waals surface area contributed by atoms with E-state index in [1.807, 2.05) is 12.1 Å². The Balaban J connectivity index is 0.896. The second kappa shape index (κ2) is 16.2. The fraction of sp³-hybridized carbons (Fsp3) is 0.324. The number of likely N-dealkylation sites (tertiary alicyclic amines) is 2. The molecule has 2 saturated heterocycles. The highest BCUT2D eigenvalue weighted by Crippen LogP contribution is 2.30. The summed E-state index contributed by atoms with van der Waals surface area (Å²) in [5.41, 5.74) is 2.64. The van der Waals surface area contributed by atoms with E-state index < -0.39 is 24.0 Å². The van der Waals surface area contributed by atoms with E-state index in [4.69, 9.17) is 4.42 Å². The molecule has 2 aromatic carbocycles. The highest BCUT2D eigenvalue weighted by Gasteiger charge is 2.36. The SMILES string of the molecule is O=C(C[C@@H]1CCCN1C(=O)C(O)c1nccs1)Nc1ccc(-c2cnc(-c3ccc(NC(=O)C[C@@H]4CCCN4C(=O)C(O)c4nccs4)cc3)o2)cc1. The zero-order valence-electron chi connectivity index (χ0n) is 28.5. The molecule has 53 heavy (non-hydrogen) atoms. The molecule has 5 aromatic rings. The molecule has 2 unspecified atom stereocenters. The number of anilines is 2. The minimum atomic E-state index is -1.33. The van der Waals surface area contributed by atoms with Crippen LogP contribution in [0.25, 0.3) is 22.8 Å². The summed E-state index contributed by atoms with van der Waals surface area (Å²) in [6.45, 7) is 0.971. The standard InChI is InChI=1S/C37H37N7O7S2/c45-29(19-26-3-1-15-43(26)36(49)31(47)34-38-13-17-52-34)41-24-9-5-22(6-10-24)28-21-40-33(51-28)23-7-11-25(12-8-23)42-30(46)20-27-4-2-16-44(27)37(50)32(48)35-39-14-18-53-35/h5-14,17-18,21,26-27,31-32,47-48H,1-4,15-16,19-20H2,(H,41,45)(H,42,46)/t26-,27-,31?,32?/m0/s1. The molecule has 2 aliphatic heterocycles. The van der Waals surface area contributed by atoms with Crippen LogP contribution in [0.5, 0.6) is 0 Å². The lowest BCUT2D eigenvalue weighted by molar-refractivity contribution is -0.142. The van der Waals surface area contributed by atoms with Crippen molar-refractivity contribution >= 4 is 57.7 Å². The highest BCUT2D eigenvalue weighted by molar-refractivity contribution is 7.10. The lowest BCUT2D eigenvalue weighted by Crippen LogP contribution is -2.40. The Hall–Kier alpha value is -5.29. The van der Waals surface area contributed by atoms with Crippen LogP contribution in [0.3, 0.4) is 0 Å². The first kappa shape index (κ1) is 36.1. The van der Waals surface area contributed by atoms with Crippen LogP contribution in [0, 0.1) is 0 Å². The lowest BCUT2D eigenvalue weighted by Gasteiger charge is -2.26. The van der Waals surface area contributed by atoms with Crippen LogP contribution in [0.15, 0.2) is 82.3 Å². The summed E-state index contributed by atoms with van der Waals surface area (Å²) in [6.07, 6.45) is 5.15. The first-order chi connectivity index (χ1) is 25.7. The van der Waals surface area contributed by atoms with Crippen molar-refractivity contribution in [3.8, 4) is 22.8 Å². The number of nitrogens with zero attached hydrogens (tertiary/aromatic N) is 5. The van der Waals surface area contributed by atoms with Gasteiger partial charge in [0.2, 0.25) is 17.7 Å². The summed E-state index contributed by atoms with van der Waals surface area (Å²) < 4.78 is 6.03. The Labute approximate surface area is 312 Å². The van der Waals surface area contributed by atoms with Crippen LogP contribution in [-0.2, 0) is 19.2 Å². The molecular weight excluding hydrogens is 719 g/mol. The molecule has 2 aliphatic rings. The minimum absolute atomic E-state index is 0.114. The van der Waals surface area contributed by atoms with Crippen molar-refractivity contribution in [3.05, 3.63) is 87.9 Å². The number of amides is 4. The number of carbonyl (C=O) groups is 4. The second-order valence-electron chi connectivity index (χ2n) is 12.9. The van der Waals surface area contributed by atoms with Crippen molar-refractivity contribution in [2.24, 2.45) is 0 Å². The maximum absolute atomic E-state index is 12.9. The Kier molecular flexibility index (Phi) is 11.0. The third-order valence-corrected chi connectivity index (χ3v) is 11.0. The number of hydrogen-bond donors (Lipinski definition) is 4. The predicted molar refractivity (Wildman–Crippen MR) is 197 cm³/mol. The quantitative estimate of drug-likeness (QED) is 0.134. The molecular formula is C37H37N7O7S2. The molecule has 0 radical (unpaired) electrons. The van der Waals surface area contributed by atoms with Gasteiger partial charge >= 0.3 is 0 Å². The first-order valence-electron chi connectivity index (χ1n) is 17.3. The van der Waals surface area contributed by atoms with Crippen molar-refractivity contribution in [3.63, 3.8) is 0 Å². The van der Waals surface area contributed by atoms with E-state index >= 15 is 0 Å². The van der Waals surface area contributed by atoms with Crippen LogP contribution in [0.4, 0.5) is 11.4 Å². The summed E-state index contributed by atoms with van der Waals surface area (Å²) in [5.74, 6) is -0.407. The highest BCUT2D eigenvalue weighted by atomic mass is 32.1. The molecule has 7 rings (SSSR count). The predicted octanol–water partition coefficient (Wildman–Crippen LogP) is 5.03. The van der Waals surface area contributed by atoms with Crippen molar-refractivity contribution in [1.82, 2.24) is 24.8 Å². The van der Waals surface area contributed by atoms with Gasteiger partial charge in [0.25, 0.3) is 11.8 Å². The molecule has 2 fully saturated rings. The van der Waals surface area contributed by atoms with Crippen LogP contribution < -0.4 is 10.6 Å². The molecule has 274 valence electrons. The number of carbonyl (C=O) groups excluding carboxylic acids is 4. The number of thiazole rings is 2. The normalized spacial score (nSPS) is 18.2. The summed E-state index contributed by atoms with van der Waals surface area (Å²) >= 11 is 2.43. The molecule has 16 heteroatoms. The fourth-order valence-electron chi connectivity index (χ4n) is 6.75. The van der Waals surface area contributed by atoms with Crippen LogP contribution in [0.1, 0.15) is 60.7 Å². The zero-order chi connectivity index (χ0) is 36.9. The first-order valence-corrected chi connectivity index (χ1v) is 19.0. The number of hydrogen-bond acceptors (Lipinski definition) is 12. The minimum Gasteiger partial charge on any atom is -0.436 e. The van der Waals surface area contributed by atoms with Crippen molar-refractivity contribution in [2.45, 2.75) is 62.8 Å². The van der Waals surface area contributed by atoms with E-state index in [2.05, 4.69) is 25.6 Å². The van der Waals surface area contributed by atoms with Gasteiger partial charge in [-0.3, -0.25) is 19.2 Å². The number of oxazole rings is 1. The smallest absolute Gasteiger partial charge is 0.258 e. The molecule has 4 atom stereocenters. The van der Waals surface area contributed by atoms with Crippen LogP contribution in [-0.4, -0.2) is 83.8 Å². The average molecular weight is 756 g/mol.